The summed E-state index contributed by atoms with van der Waals surface area (Å²) < 4.78 is 10.2. The van der Waals surface area contributed by atoms with Crippen molar-refractivity contribution in [3.8, 4) is 5.75 Å². The Kier molecular flexibility index (Phi) is 5.80. The van der Waals surface area contributed by atoms with Gasteiger partial charge in [0.15, 0.2) is 6.61 Å². The van der Waals surface area contributed by atoms with Crippen molar-refractivity contribution in [1.29, 1.82) is 0 Å². The van der Waals surface area contributed by atoms with Gasteiger partial charge in [0, 0.05) is 17.1 Å². The Balaban J connectivity index is 2.69. The van der Waals surface area contributed by atoms with Gasteiger partial charge < -0.3 is 14.8 Å². The fourth-order valence-electron chi connectivity index (χ4n) is 1.36. The molecule has 5 heteroatoms. The minimum atomic E-state index is -0.386. The van der Waals surface area contributed by atoms with Crippen LogP contribution in [0, 0.1) is 0 Å². The van der Waals surface area contributed by atoms with Gasteiger partial charge in [0.25, 0.3) is 0 Å². The van der Waals surface area contributed by atoms with Crippen molar-refractivity contribution >= 4 is 17.6 Å². The molecule has 1 aromatic carbocycles. The van der Waals surface area contributed by atoms with E-state index in [0.29, 0.717) is 23.9 Å². The van der Waals surface area contributed by atoms with Gasteiger partial charge in [-0.3, -0.25) is 0 Å². The van der Waals surface area contributed by atoms with Crippen molar-refractivity contribution in [3.05, 3.63) is 28.8 Å². The second-order valence-corrected chi connectivity index (χ2v) is 3.75. The van der Waals surface area contributed by atoms with Crippen LogP contribution in [0.3, 0.4) is 0 Å². The Morgan fingerprint density at radius 1 is 1.47 bits per heavy atom. The number of carbonyl (C=O) groups excluding carboxylic acids is 1. The van der Waals surface area contributed by atoms with Gasteiger partial charge >= 0.3 is 5.97 Å². The maximum Gasteiger partial charge on any atom is 0.344 e. The Hall–Kier alpha value is -1.26. The molecular formula is C12H16ClNO3. The first kappa shape index (κ1) is 13.8. The van der Waals surface area contributed by atoms with E-state index in [-0.39, 0.29) is 12.6 Å². The third-order valence-electron chi connectivity index (χ3n) is 2.08. The van der Waals surface area contributed by atoms with Crippen LogP contribution in [0.2, 0.25) is 5.02 Å². The SMILES string of the molecule is CCOC(=O)COc1cccc(Cl)c1CNC. The normalized spacial score (nSPS) is 10.1. The quantitative estimate of drug-likeness (QED) is 0.792. The molecule has 17 heavy (non-hydrogen) atoms. The number of rotatable bonds is 6. The molecule has 0 aliphatic carbocycles. The lowest BCUT2D eigenvalue weighted by Crippen LogP contribution is -2.16. The molecule has 0 aliphatic heterocycles. The molecule has 94 valence electrons. The lowest BCUT2D eigenvalue weighted by Gasteiger charge is -2.12. The molecule has 0 radical (unpaired) electrons. The average Bonchev–Trinajstić information content (AvgIpc) is 2.30. The van der Waals surface area contributed by atoms with E-state index in [0.717, 1.165) is 5.56 Å². The van der Waals surface area contributed by atoms with E-state index < -0.39 is 0 Å². The van der Waals surface area contributed by atoms with Crippen LogP contribution >= 0.6 is 11.6 Å². The van der Waals surface area contributed by atoms with Crippen molar-refractivity contribution < 1.29 is 14.3 Å². The molecule has 0 spiro atoms. The Morgan fingerprint density at radius 3 is 2.88 bits per heavy atom. The molecular weight excluding hydrogens is 242 g/mol. The molecule has 1 aromatic rings. The first-order chi connectivity index (χ1) is 8.19. The zero-order chi connectivity index (χ0) is 12.7. The van der Waals surface area contributed by atoms with Crippen molar-refractivity contribution in [1.82, 2.24) is 5.32 Å². The van der Waals surface area contributed by atoms with Crippen LogP contribution in [-0.4, -0.2) is 26.2 Å². The number of hydrogen-bond acceptors (Lipinski definition) is 4. The molecule has 0 aliphatic rings. The summed E-state index contributed by atoms with van der Waals surface area (Å²) in [5.74, 6) is 0.211. The first-order valence-corrected chi connectivity index (χ1v) is 5.77. The van der Waals surface area contributed by atoms with Gasteiger partial charge in [-0.1, -0.05) is 17.7 Å². The van der Waals surface area contributed by atoms with Crippen LogP contribution in [0.5, 0.6) is 5.75 Å². The fourth-order valence-corrected chi connectivity index (χ4v) is 1.59. The number of hydrogen-bond donors (Lipinski definition) is 1. The number of benzene rings is 1. The highest BCUT2D eigenvalue weighted by Crippen LogP contribution is 2.26. The van der Waals surface area contributed by atoms with Gasteiger partial charge in [-0.15, -0.1) is 0 Å². The molecule has 1 rings (SSSR count). The molecule has 0 unspecified atom stereocenters. The van der Waals surface area contributed by atoms with Gasteiger partial charge in [-0.2, -0.15) is 0 Å². The monoisotopic (exact) mass is 257 g/mol. The highest BCUT2D eigenvalue weighted by Gasteiger charge is 2.09. The standard InChI is InChI=1S/C12H16ClNO3/c1-3-16-12(15)8-17-11-6-4-5-10(13)9(11)7-14-2/h4-6,14H,3,7-8H2,1-2H3. The van der Waals surface area contributed by atoms with Crippen LogP contribution in [0.4, 0.5) is 0 Å². The fraction of sp³-hybridized carbons (Fsp3) is 0.417. The molecule has 0 atom stereocenters. The summed E-state index contributed by atoms with van der Waals surface area (Å²) >= 11 is 6.05. The zero-order valence-electron chi connectivity index (χ0n) is 9.96. The molecule has 1 N–H and O–H groups in total. The third-order valence-corrected chi connectivity index (χ3v) is 2.43. The molecule has 0 saturated heterocycles. The highest BCUT2D eigenvalue weighted by atomic mass is 35.5. The first-order valence-electron chi connectivity index (χ1n) is 5.39. The van der Waals surface area contributed by atoms with E-state index in [1.807, 2.05) is 7.05 Å². The van der Waals surface area contributed by atoms with Gasteiger partial charge in [0.2, 0.25) is 0 Å². The maximum absolute atomic E-state index is 11.2. The van der Waals surface area contributed by atoms with Crippen LogP contribution in [0.15, 0.2) is 18.2 Å². The van der Waals surface area contributed by atoms with Gasteiger partial charge in [-0.05, 0) is 26.1 Å². The summed E-state index contributed by atoms with van der Waals surface area (Å²) in [6.07, 6.45) is 0. The summed E-state index contributed by atoms with van der Waals surface area (Å²) in [4.78, 5) is 11.2. The number of carbonyl (C=O) groups is 1. The summed E-state index contributed by atoms with van der Waals surface area (Å²) in [7, 11) is 1.82. The second kappa shape index (κ2) is 7.14. The van der Waals surface area contributed by atoms with Crippen LogP contribution in [0.25, 0.3) is 0 Å². The number of ether oxygens (including phenoxy) is 2. The minimum absolute atomic E-state index is 0.106. The predicted molar refractivity (Wildman–Crippen MR) is 66.3 cm³/mol. The molecule has 0 amide bonds. The van der Waals surface area contributed by atoms with Gasteiger partial charge in [0.05, 0.1) is 6.61 Å². The predicted octanol–water partition coefficient (Wildman–Crippen LogP) is 2.00. The van der Waals surface area contributed by atoms with E-state index in [1.165, 1.54) is 0 Å². The molecule has 0 saturated carbocycles. The lowest BCUT2D eigenvalue weighted by atomic mass is 10.2. The topological polar surface area (TPSA) is 47.6 Å². The minimum Gasteiger partial charge on any atom is -0.482 e. The Bertz CT molecular complexity index is 382. The number of esters is 1. The maximum atomic E-state index is 11.2. The Morgan fingerprint density at radius 2 is 2.24 bits per heavy atom. The van der Waals surface area contributed by atoms with E-state index >= 15 is 0 Å². The van der Waals surface area contributed by atoms with Gasteiger partial charge in [-0.25, -0.2) is 4.79 Å². The van der Waals surface area contributed by atoms with E-state index in [9.17, 15) is 4.79 Å². The van der Waals surface area contributed by atoms with Crippen molar-refractivity contribution in [2.24, 2.45) is 0 Å². The van der Waals surface area contributed by atoms with Crippen LogP contribution in [0.1, 0.15) is 12.5 Å². The molecule has 0 fully saturated rings. The van der Waals surface area contributed by atoms with Crippen molar-refractivity contribution in [2.45, 2.75) is 13.5 Å². The van der Waals surface area contributed by atoms with Crippen LogP contribution < -0.4 is 10.1 Å². The smallest absolute Gasteiger partial charge is 0.344 e. The summed E-state index contributed by atoms with van der Waals surface area (Å²) in [6, 6.07) is 5.34. The molecule has 4 nitrogen and oxygen atoms in total. The highest BCUT2D eigenvalue weighted by molar-refractivity contribution is 6.31. The lowest BCUT2D eigenvalue weighted by molar-refractivity contribution is -0.145. The van der Waals surface area contributed by atoms with Crippen molar-refractivity contribution in [2.75, 3.05) is 20.3 Å². The summed E-state index contributed by atoms with van der Waals surface area (Å²) in [5.41, 5.74) is 0.834. The average molecular weight is 258 g/mol. The van der Waals surface area contributed by atoms with Crippen molar-refractivity contribution in [3.63, 3.8) is 0 Å². The largest absolute Gasteiger partial charge is 0.482 e. The summed E-state index contributed by atoms with van der Waals surface area (Å²) in [6.45, 7) is 2.58. The Labute approximate surface area is 106 Å². The molecule has 0 bridgehead atoms. The van der Waals surface area contributed by atoms with Gasteiger partial charge in [0.1, 0.15) is 5.75 Å². The van der Waals surface area contributed by atoms with Crippen LogP contribution in [-0.2, 0) is 16.1 Å². The molecule has 0 heterocycles. The third kappa shape index (κ3) is 4.24. The number of halogens is 1. The van der Waals surface area contributed by atoms with E-state index in [4.69, 9.17) is 21.1 Å². The van der Waals surface area contributed by atoms with E-state index in [2.05, 4.69) is 5.32 Å². The van der Waals surface area contributed by atoms with E-state index in [1.54, 1.807) is 25.1 Å². The second-order valence-electron chi connectivity index (χ2n) is 3.34. The zero-order valence-corrected chi connectivity index (χ0v) is 10.7. The molecule has 0 aromatic heterocycles. The number of nitrogens with one attached hydrogen (secondary N) is 1. The summed E-state index contributed by atoms with van der Waals surface area (Å²) in [5, 5.41) is 3.61.